The predicted molar refractivity (Wildman–Crippen MR) is 140 cm³/mol. The first-order valence-corrected chi connectivity index (χ1v) is 13.5. The molecule has 2 aromatic carbocycles. The molecule has 0 aromatic heterocycles. The second kappa shape index (κ2) is 13.2. The first-order chi connectivity index (χ1) is 17.6. The third-order valence-electron chi connectivity index (χ3n) is 5.95. The second-order valence-corrected chi connectivity index (χ2v) is 10.0. The summed E-state index contributed by atoms with van der Waals surface area (Å²) in [5, 5.41) is 10.1. The smallest absolute Gasteiger partial charge is 0.303 e. The van der Waals surface area contributed by atoms with Crippen LogP contribution < -0.4 is 4.74 Å². The predicted octanol–water partition coefficient (Wildman–Crippen LogP) is 5.04. The highest BCUT2D eigenvalue weighted by molar-refractivity contribution is 7.99. The van der Waals surface area contributed by atoms with E-state index in [1.54, 1.807) is 18.4 Å². The van der Waals surface area contributed by atoms with Crippen molar-refractivity contribution in [1.29, 1.82) is 0 Å². The molecule has 1 N–H and O–H groups in total. The van der Waals surface area contributed by atoms with E-state index in [0.717, 1.165) is 16.9 Å². The van der Waals surface area contributed by atoms with Crippen molar-refractivity contribution in [3.05, 3.63) is 64.2 Å². The van der Waals surface area contributed by atoms with E-state index in [2.05, 4.69) is 0 Å². The molecule has 0 unspecified atom stereocenters. The molecule has 200 valence electrons. The lowest BCUT2D eigenvalue weighted by molar-refractivity contribution is -0.215. The second-order valence-electron chi connectivity index (χ2n) is 8.68. The lowest BCUT2D eigenvalue weighted by Gasteiger charge is -2.45. The van der Waals surface area contributed by atoms with Gasteiger partial charge in [0.25, 0.3) is 0 Å². The summed E-state index contributed by atoms with van der Waals surface area (Å²) in [6, 6.07) is 13.1. The normalized spacial score (nSPS) is 23.2. The first-order valence-electron chi connectivity index (χ1n) is 11.9. The Kier molecular flexibility index (Phi) is 10.3. The van der Waals surface area contributed by atoms with Crippen LogP contribution in [0.4, 0.5) is 0 Å². The van der Waals surface area contributed by atoms with Crippen LogP contribution >= 0.6 is 23.4 Å². The Morgan fingerprint density at radius 3 is 2.24 bits per heavy atom. The lowest BCUT2D eigenvalue weighted by Crippen LogP contribution is -2.53. The summed E-state index contributed by atoms with van der Waals surface area (Å²) >= 11 is 7.84. The summed E-state index contributed by atoms with van der Waals surface area (Å²) in [5.74, 6) is -2.23. The number of carboxylic acid groups (broad SMARTS) is 1. The molecule has 1 heterocycles. The van der Waals surface area contributed by atoms with E-state index in [9.17, 15) is 19.5 Å². The van der Waals surface area contributed by atoms with Crippen molar-refractivity contribution in [1.82, 2.24) is 0 Å². The Labute approximate surface area is 225 Å². The van der Waals surface area contributed by atoms with Crippen molar-refractivity contribution in [2.24, 2.45) is 5.92 Å². The fraction of sp³-hybridized carbons (Fsp3) is 0.444. The maximum absolute atomic E-state index is 12.1. The number of benzene rings is 2. The summed E-state index contributed by atoms with van der Waals surface area (Å²) in [6.07, 6.45) is -0.880. The van der Waals surface area contributed by atoms with Crippen LogP contribution in [0.15, 0.2) is 42.5 Å². The molecule has 0 spiro atoms. The van der Waals surface area contributed by atoms with E-state index >= 15 is 0 Å². The van der Waals surface area contributed by atoms with Crippen molar-refractivity contribution >= 4 is 41.3 Å². The van der Waals surface area contributed by atoms with Crippen LogP contribution in [0.25, 0.3) is 0 Å². The molecule has 0 saturated carbocycles. The number of hydrogen-bond donors (Lipinski definition) is 1. The maximum atomic E-state index is 12.1. The van der Waals surface area contributed by atoms with E-state index in [1.165, 1.54) is 25.6 Å². The van der Waals surface area contributed by atoms with Crippen LogP contribution in [0.1, 0.15) is 50.0 Å². The molecular formula is C27H31ClO8S. The molecule has 1 aliphatic rings. The summed E-state index contributed by atoms with van der Waals surface area (Å²) in [4.78, 5) is 35.7. The van der Waals surface area contributed by atoms with Gasteiger partial charge >= 0.3 is 17.9 Å². The lowest BCUT2D eigenvalue weighted by atomic mass is 9.86. The SMILES string of the molecule is CCOc1ccc(Cc2cc([C@@H]3O[C@H](SC)[C@@H](CC(=O)O)[C@@H](OC(C)=O)[C@@H]3OC(C)=O)ccc2Cl)cc1. The van der Waals surface area contributed by atoms with Gasteiger partial charge in [0.1, 0.15) is 23.4 Å². The number of rotatable bonds is 10. The van der Waals surface area contributed by atoms with E-state index in [0.29, 0.717) is 23.6 Å². The zero-order chi connectivity index (χ0) is 27.1. The molecule has 1 saturated heterocycles. The highest BCUT2D eigenvalue weighted by atomic mass is 35.5. The largest absolute Gasteiger partial charge is 0.494 e. The van der Waals surface area contributed by atoms with Crippen LogP contribution in [0.5, 0.6) is 5.75 Å². The quantitative estimate of drug-likeness (QED) is 0.407. The van der Waals surface area contributed by atoms with Gasteiger partial charge in [-0.15, -0.1) is 11.8 Å². The van der Waals surface area contributed by atoms with Gasteiger partial charge in [0.15, 0.2) is 6.10 Å². The topological polar surface area (TPSA) is 108 Å². The van der Waals surface area contributed by atoms with Gasteiger partial charge in [-0.3, -0.25) is 14.4 Å². The third kappa shape index (κ3) is 7.63. The molecule has 1 aliphatic heterocycles. The molecule has 0 aliphatic carbocycles. The summed E-state index contributed by atoms with van der Waals surface area (Å²) in [7, 11) is 0. The molecule has 37 heavy (non-hydrogen) atoms. The summed E-state index contributed by atoms with van der Waals surface area (Å²) < 4.78 is 23.0. The standard InChI is InChI=1S/C27H31ClO8S/c1-5-33-20-9-6-17(7-10-20)12-19-13-18(8-11-22(19)28)24-26(35-16(3)30)25(34-15(2)29)21(14-23(31)32)27(36-24)37-4/h6-11,13,21,24-27H,5,12,14H2,1-4H3,(H,31,32)/t21-,24-,25+,26+,27+/m0/s1. The number of esters is 2. The number of hydrogen-bond acceptors (Lipinski definition) is 8. The van der Waals surface area contributed by atoms with Gasteiger partial charge in [-0.25, -0.2) is 0 Å². The zero-order valence-electron chi connectivity index (χ0n) is 21.1. The van der Waals surface area contributed by atoms with Crippen molar-refractivity contribution in [3.8, 4) is 5.75 Å². The molecule has 3 rings (SSSR count). The molecule has 8 nitrogen and oxygen atoms in total. The number of carbonyl (C=O) groups excluding carboxylic acids is 2. The maximum Gasteiger partial charge on any atom is 0.303 e. The number of halogens is 1. The monoisotopic (exact) mass is 550 g/mol. The Balaban J connectivity index is 1.99. The molecule has 10 heteroatoms. The van der Waals surface area contributed by atoms with E-state index in [-0.39, 0.29) is 6.42 Å². The van der Waals surface area contributed by atoms with Crippen molar-refractivity contribution in [2.45, 2.75) is 57.4 Å². The minimum absolute atomic E-state index is 0.322. The van der Waals surface area contributed by atoms with Gasteiger partial charge in [0.2, 0.25) is 0 Å². The van der Waals surface area contributed by atoms with Crippen molar-refractivity contribution in [3.63, 3.8) is 0 Å². The molecule has 0 amide bonds. The number of carbonyl (C=O) groups is 3. The number of thioether (sulfide) groups is 1. The highest BCUT2D eigenvalue weighted by Gasteiger charge is 2.50. The fourth-order valence-corrected chi connectivity index (χ4v) is 5.49. The fourth-order valence-electron chi connectivity index (χ4n) is 4.47. The van der Waals surface area contributed by atoms with Crippen LogP contribution in [0.3, 0.4) is 0 Å². The van der Waals surface area contributed by atoms with Gasteiger partial charge in [0, 0.05) is 24.8 Å². The Bertz CT molecular complexity index is 1110. The summed E-state index contributed by atoms with van der Waals surface area (Å²) in [6.45, 7) is 4.98. The highest BCUT2D eigenvalue weighted by Crippen LogP contribution is 2.44. The van der Waals surface area contributed by atoms with Crippen LogP contribution in [0.2, 0.25) is 5.02 Å². The Morgan fingerprint density at radius 1 is 1.03 bits per heavy atom. The van der Waals surface area contributed by atoms with Crippen LogP contribution in [-0.4, -0.2) is 53.5 Å². The van der Waals surface area contributed by atoms with Crippen LogP contribution in [0, 0.1) is 5.92 Å². The van der Waals surface area contributed by atoms with Crippen LogP contribution in [-0.2, 0) is 35.0 Å². The molecular weight excluding hydrogens is 520 g/mol. The molecule has 0 radical (unpaired) electrons. The van der Waals surface area contributed by atoms with E-state index < -0.39 is 47.6 Å². The molecule has 1 fully saturated rings. The Hall–Kier alpha value is -2.75. The number of aliphatic carboxylic acids is 1. The molecule has 0 bridgehead atoms. The average Bonchev–Trinajstić information content (AvgIpc) is 2.83. The first kappa shape index (κ1) is 28.8. The minimum atomic E-state index is -1.08. The van der Waals surface area contributed by atoms with Crippen molar-refractivity contribution < 1.29 is 38.4 Å². The van der Waals surface area contributed by atoms with E-state index in [1.807, 2.05) is 37.3 Å². The number of carboxylic acids is 1. The Morgan fingerprint density at radius 2 is 1.68 bits per heavy atom. The van der Waals surface area contributed by atoms with E-state index in [4.69, 9.17) is 30.5 Å². The van der Waals surface area contributed by atoms with Gasteiger partial charge in [-0.05, 0) is 54.5 Å². The van der Waals surface area contributed by atoms with Gasteiger partial charge < -0.3 is 24.1 Å². The van der Waals surface area contributed by atoms with Gasteiger partial charge in [-0.1, -0.05) is 35.9 Å². The zero-order valence-corrected chi connectivity index (χ0v) is 22.7. The number of ether oxygens (including phenoxy) is 4. The minimum Gasteiger partial charge on any atom is -0.494 e. The average molecular weight is 551 g/mol. The van der Waals surface area contributed by atoms with Crippen molar-refractivity contribution in [2.75, 3.05) is 12.9 Å². The summed E-state index contributed by atoms with van der Waals surface area (Å²) in [5.41, 5.74) is 1.89. The van der Waals surface area contributed by atoms with Gasteiger partial charge in [0.05, 0.1) is 13.0 Å². The van der Waals surface area contributed by atoms with Gasteiger partial charge in [-0.2, -0.15) is 0 Å². The molecule has 5 atom stereocenters. The third-order valence-corrected chi connectivity index (χ3v) is 7.24. The molecule has 2 aromatic rings.